The molecule has 4 heteroatoms. The van der Waals surface area contributed by atoms with Gasteiger partial charge < -0.3 is 10.6 Å². The zero-order chi connectivity index (χ0) is 18.4. The number of amides is 2. The highest BCUT2D eigenvalue weighted by Gasteiger charge is 2.14. The molecule has 0 heterocycles. The van der Waals surface area contributed by atoms with Gasteiger partial charge in [-0.2, -0.15) is 0 Å². The fourth-order valence-corrected chi connectivity index (χ4v) is 2.41. The van der Waals surface area contributed by atoms with E-state index in [9.17, 15) is 9.59 Å². The van der Waals surface area contributed by atoms with Gasteiger partial charge in [-0.05, 0) is 47.2 Å². The van der Waals surface area contributed by atoms with Crippen molar-refractivity contribution < 1.29 is 9.59 Å². The second-order valence-electron chi connectivity index (χ2n) is 7.11. The maximum Gasteiger partial charge on any atom is 0.251 e. The summed E-state index contributed by atoms with van der Waals surface area (Å²) in [6.45, 7) is 8.39. The third-order valence-corrected chi connectivity index (χ3v) is 4.07. The molecule has 0 aromatic heterocycles. The first kappa shape index (κ1) is 18.7. The van der Waals surface area contributed by atoms with Crippen LogP contribution in [0.15, 0.2) is 48.5 Å². The van der Waals surface area contributed by atoms with Crippen LogP contribution in [0.5, 0.6) is 0 Å². The average molecular weight is 338 g/mol. The first-order valence-electron chi connectivity index (χ1n) is 8.57. The number of nitrogens with one attached hydrogen (secondary N) is 2. The molecule has 4 nitrogen and oxygen atoms in total. The van der Waals surface area contributed by atoms with Crippen LogP contribution in [0.25, 0.3) is 0 Å². The van der Waals surface area contributed by atoms with Crippen LogP contribution in [0.2, 0.25) is 0 Å². The SMILES string of the molecule is CCc1ccc(NC(=O)CNC(=O)c2ccc(C(C)(C)C)cc2)cc1. The van der Waals surface area contributed by atoms with Gasteiger partial charge in [-0.15, -0.1) is 0 Å². The van der Waals surface area contributed by atoms with Crippen molar-refractivity contribution in [3.05, 3.63) is 65.2 Å². The predicted molar refractivity (Wildman–Crippen MR) is 102 cm³/mol. The van der Waals surface area contributed by atoms with Crippen LogP contribution in [0.3, 0.4) is 0 Å². The molecule has 0 spiro atoms. The molecule has 25 heavy (non-hydrogen) atoms. The lowest BCUT2D eigenvalue weighted by Crippen LogP contribution is -2.32. The fraction of sp³-hybridized carbons (Fsp3) is 0.333. The van der Waals surface area contributed by atoms with E-state index in [1.54, 1.807) is 12.1 Å². The Morgan fingerprint density at radius 2 is 1.52 bits per heavy atom. The van der Waals surface area contributed by atoms with E-state index < -0.39 is 0 Å². The Morgan fingerprint density at radius 3 is 2.04 bits per heavy atom. The first-order chi connectivity index (χ1) is 11.8. The Kier molecular flexibility index (Phi) is 5.97. The summed E-state index contributed by atoms with van der Waals surface area (Å²) < 4.78 is 0. The summed E-state index contributed by atoms with van der Waals surface area (Å²) >= 11 is 0. The van der Waals surface area contributed by atoms with Crippen LogP contribution in [-0.4, -0.2) is 18.4 Å². The minimum atomic E-state index is -0.253. The molecular weight excluding hydrogens is 312 g/mol. The molecule has 2 rings (SSSR count). The fourth-order valence-electron chi connectivity index (χ4n) is 2.41. The number of benzene rings is 2. The zero-order valence-corrected chi connectivity index (χ0v) is 15.3. The molecule has 0 radical (unpaired) electrons. The lowest BCUT2D eigenvalue weighted by Gasteiger charge is -2.19. The summed E-state index contributed by atoms with van der Waals surface area (Å²) in [7, 11) is 0. The van der Waals surface area contributed by atoms with Gasteiger partial charge >= 0.3 is 0 Å². The highest BCUT2D eigenvalue weighted by Crippen LogP contribution is 2.22. The van der Waals surface area contributed by atoms with Crippen LogP contribution in [-0.2, 0) is 16.6 Å². The van der Waals surface area contributed by atoms with E-state index in [1.807, 2.05) is 36.4 Å². The molecule has 0 aliphatic heterocycles. The lowest BCUT2D eigenvalue weighted by molar-refractivity contribution is -0.115. The van der Waals surface area contributed by atoms with Crippen LogP contribution < -0.4 is 10.6 Å². The smallest absolute Gasteiger partial charge is 0.251 e. The van der Waals surface area contributed by atoms with Crippen molar-refractivity contribution in [1.82, 2.24) is 5.32 Å². The maximum atomic E-state index is 12.2. The van der Waals surface area contributed by atoms with Crippen molar-refractivity contribution in [2.45, 2.75) is 39.5 Å². The van der Waals surface area contributed by atoms with Crippen LogP contribution in [0, 0.1) is 0 Å². The van der Waals surface area contributed by atoms with Crippen molar-refractivity contribution >= 4 is 17.5 Å². The van der Waals surface area contributed by atoms with Crippen molar-refractivity contribution in [1.29, 1.82) is 0 Å². The number of anilines is 1. The van der Waals surface area contributed by atoms with Crippen LogP contribution >= 0.6 is 0 Å². The van der Waals surface area contributed by atoms with Crippen LogP contribution in [0.1, 0.15) is 49.2 Å². The van der Waals surface area contributed by atoms with E-state index in [0.29, 0.717) is 5.56 Å². The van der Waals surface area contributed by atoms with Gasteiger partial charge in [0.2, 0.25) is 5.91 Å². The van der Waals surface area contributed by atoms with Crippen molar-refractivity contribution in [3.8, 4) is 0 Å². The Labute approximate surface area is 149 Å². The quantitative estimate of drug-likeness (QED) is 0.868. The Balaban J connectivity index is 1.87. The molecule has 0 bridgehead atoms. The van der Waals surface area contributed by atoms with Gasteiger partial charge in [0, 0.05) is 11.3 Å². The molecule has 2 aromatic carbocycles. The summed E-state index contributed by atoms with van der Waals surface area (Å²) in [4.78, 5) is 24.1. The number of carbonyl (C=O) groups excluding carboxylic acids is 2. The Morgan fingerprint density at radius 1 is 0.920 bits per heavy atom. The summed E-state index contributed by atoms with van der Waals surface area (Å²) in [5.74, 6) is -0.499. The van der Waals surface area contributed by atoms with Gasteiger partial charge in [-0.1, -0.05) is 52.0 Å². The highest BCUT2D eigenvalue weighted by atomic mass is 16.2. The number of hydrogen-bond acceptors (Lipinski definition) is 2. The lowest BCUT2D eigenvalue weighted by atomic mass is 9.87. The molecule has 2 N–H and O–H groups in total. The normalized spacial score (nSPS) is 11.0. The molecule has 0 aliphatic carbocycles. The van der Waals surface area contributed by atoms with Crippen molar-refractivity contribution in [2.24, 2.45) is 0 Å². The maximum absolute atomic E-state index is 12.2. The second kappa shape index (κ2) is 7.97. The number of hydrogen-bond donors (Lipinski definition) is 2. The monoisotopic (exact) mass is 338 g/mol. The van der Waals surface area contributed by atoms with E-state index in [-0.39, 0.29) is 23.8 Å². The number of rotatable bonds is 5. The third-order valence-electron chi connectivity index (χ3n) is 4.07. The van der Waals surface area contributed by atoms with Gasteiger partial charge in [0.15, 0.2) is 0 Å². The third kappa shape index (κ3) is 5.45. The Hall–Kier alpha value is -2.62. The summed E-state index contributed by atoms with van der Waals surface area (Å²) in [6, 6.07) is 15.2. The molecule has 0 fully saturated rings. The summed E-state index contributed by atoms with van der Waals surface area (Å²) in [5, 5.41) is 5.42. The minimum Gasteiger partial charge on any atom is -0.343 e. The molecular formula is C21H26N2O2. The summed E-state index contributed by atoms with van der Waals surface area (Å²) in [6.07, 6.45) is 0.957. The second-order valence-corrected chi connectivity index (χ2v) is 7.11. The van der Waals surface area contributed by atoms with Gasteiger partial charge in [0.05, 0.1) is 6.54 Å². The molecule has 0 atom stereocenters. The van der Waals surface area contributed by atoms with E-state index in [4.69, 9.17) is 0 Å². The standard InChI is InChI=1S/C21H26N2O2/c1-5-15-6-12-18(13-7-15)23-19(24)14-22-20(25)16-8-10-17(11-9-16)21(2,3)4/h6-13H,5,14H2,1-4H3,(H,22,25)(H,23,24). The molecule has 0 saturated carbocycles. The largest absolute Gasteiger partial charge is 0.343 e. The van der Waals surface area contributed by atoms with Gasteiger partial charge in [0.1, 0.15) is 0 Å². The molecule has 2 aromatic rings. The van der Waals surface area contributed by atoms with Crippen molar-refractivity contribution in [3.63, 3.8) is 0 Å². The van der Waals surface area contributed by atoms with Crippen LogP contribution in [0.4, 0.5) is 5.69 Å². The molecule has 0 unspecified atom stereocenters. The van der Waals surface area contributed by atoms with Gasteiger partial charge in [-0.3, -0.25) is 9.59 Å². The van der Waals surface area contributed by atoms with E-state index >= 15 is 0 Å². The Bertz CT molecular complexity index is 726. The average Bonchev–Trinajstić information content (AvgIpc) is 2.59. The molecule has 2 amide bonds. The van der Waals surface area contributed by atoms with Gasteiger partial charge in [-0.25, -0.2) is 0 Å². The molecule has 0 aliphatic rings. The highest BCUT2D eigenvalue weighted by molar-refractivity contribution is 5.99. The van der Waals surface area contributed by atoms with E-state index in [1.165, 1.54) is 5.56 Å². The summed E-state index contributed by atoms with van der Waals surface area (Å²) in [5.41, 5.74) is 3.70. The van der Waals surface area contributed by atoms with E-state index in [0.717, 1.165) is 17.7 Å². The molecule has 132 valence electrons. The topological polar surface area (TPSA) is 58.2 Å². The predicted octanol–water partition coefficient (Wildman–Crippen LogP) is 3.92. The zero-order valence-electron chi connectivity index (χ0n) is 15.3. The first-order valence-corrected chi connectivity index (χ1v) is 8.57. The van der Waals surface area contributed by atoms with E-state index in [2.05, 4.69) is 38.3 Å². The molecule has 0 saturated heterocycles. The van der Waals surface area contributed by atoms with Crippen molar-refractivity contribution in [2.75, 3.05) is 11.9 Å². The van der Waals surface area contributed by atoms with Gasteiger partial charge in [0.25, 0.3) is 5.91 Å². The number of aryl methyl sites for hydroxylation is 1. The minimum absolute atomic E-state index is 0.0439. The number of carbonyl (C=O) groups is 2.